The molecule has 0 fully saturated rings. The summed E-state index contributed by atoms with van der Waals surface area (Å²) in [5, 5.41) is 1.26. The summed E-state index contributed by atoms with van der Waals surface area (Å²) in [6.45, 7) is 18.8. The maximum atomic E-state index is 4.89. The number of terminal acetylenes is 2. The van der Waals surface area contributed by atoms with Gasteiger partial charge in [0, 0.05) is 12.8 Å². The van der Waals surface area contributed by atoms with Crippen LogP contribution in [0.3, 0.4) is 0 Å². The molecule has 0 aliphatic heterocycles. The van der Waals surface area contributed by atoms with Gasteiger partial charge in [0.25, 0.3) is 0 Å². The van der Waals surface area contributed by atoms with E-state index in [0.29, 0.717) is 0 Å². The second-order valence-electron chi connectivity index (χ2n) is 7.56. The van der Waals surface area contributed by atoms with E-state index in [4.69, 9.17) is 12.8 Å². The fraction of sp³-hybridized carbons (Fsp3) is 0.419. The predicted octanol–water partition coefficient (Wildman–Crippen LogP) is 8.78. The van der Waals surface area contributed by atoms with Crippen LogP contribution in [0.1, 0.15) is 83.1 Å². The Balaban J connectivity index is -0.000000344. The second kappa shape index (κ2) is 25.0. The van der Waals surface area contributed by atoms with Crippen LogP contribution in [-0.2, 0) is 6.42 Å². The fourth-order valence-electron chi connectivity index (χ4n) is 1.79. The van der Waals surface area contributed by atoms with Crippen molar-refractivity contribution in [3.05, 3.63) is 76.4 Å². The van der Waals surface area contributed by atoms with Gasteiger partial charge in [-0.3, -0.25) is 0 Å². The Bertz CT molecular complexity index is 792. The first-order valence-corrected chi connectivity index (χ1v) is 12.1. The summed E-state index contributed by atoms with van der Waals surface area (Å²) >= 11 is 0. The number of benzene rings is 2. The molecule has 32 heavy (non-hydrogen) atoms. The predicted molar refractivity (Wildman–Crippen MR) is 154 cm³/mol. The molecule has 0 spiro atoms. The van der Waals surface area contributed by atoms with Crippen LogP contribution in [0.15, 0.2) is 54.1 Å². The molecule has 0 radical (unpaired) electrons. The maximum Gasteiger partial charge on any atom is 0.00834 e. The van der Waals surface area contributed by atoms with Crippen molar-refractivity contribution in [3.8, 4) is 24.7 Å². The van der Waals surface area contributed by atoms with Gasteiger partial charge in [0.15, 0.2) is 0 Å². The van der Waals surface area contributed by atoms with E-state index in [1.54, 1.807) is 0 Å². The van der Waals surface area contributed by atoms with Crippen molar-refractivity contribution in [2.24, 2.45) is 0 Å². The largest absolute Gasteiger partial charge is 0.120 e. The Hall–Kier alpha value is -2.27. The topological polar surface area (TPSA) is 0 Å². The summed E-state index contributed by atoms with van der Waals surface area (Å²) in [5.74, 6) is 4.95. The van der Waals surface area contributed by atoms with Crippen LogP contribution in [0.4, 0.5) is 0 Å². The number of hydrogen-bond donors (Lipinski definition) is 0. The Morgan fingerprint density at radius 1 is 0.875 bits per heavy atom. The fourth-order valence-corrected chi connectivity index (χ4v) is 1.98. The molecule has 0 N–H and O–H groups in total. The lowest BCUT2D eigenvalue weighted by Crippen LogP contribution is -1.88. The zero-order valence-electron chi connectivity index (χ0n) is 22.2. The number of hydrogen-bond acceptors (Lipinski definition) is 0. The first-order valence-electron chi connectivity index (χ1n) is 11.5. The van der Waals surface area contributed by atoms with Gasteiger partial charge in [0.05, 0.1) is 0 Å². The van der Waals surface area contributed by atoms with Gasteiger partial charge < -0.3 is 0 Å². The molecule has 2 aromatic rings. The molecule has 0 bridgehead atoms. The molecule has 1 heteroatoms. The Morgan fingerprint density at radius 2 is 1.38 bits per heavy atom. The first-order chi connectivity index (χ1) is 15.1. The molecule has 0 saturated carbocycles. The Kier molecular flexibility index (Phi) is 26.8. The lowest BCUT2D eigenvalue weighted by molar-refractivity contribution is 0.984. The average Bonchev–Trinajstić information content (AvgIpc) is 2.79. The third-order valence-electron chi connectivity index (χ3n) is 4.23. The monoisotopic (exact) mass is 450 g/mol. The molecule has 0 aliphatic rings. The van der Waals surface area contributed by atoms with Crippen molar-refractivity contribution in [2.45, 2.75) is 88.0 Å². The Labute approximate surface area is 203 Å². The molecular formula is C31H47P. The summed E-state index contributed by atoms with van der Waals surface area (Å²) in [4.78, 5) is 0. The van der Waals surface area contributed by atoms with E-state index in [1.165, 1.54) is 33.1 Å². The standard InChI is InChI=1S/C9H12.C8H11P.C5H10.C5H8.C4H6/c1-7-4-5-8(2)9(3)6-7;1-2-7-3-5-8(9)6-4-7;1-4-5(2)3;1-3-5-4-2;1-3-4-2/h4-6H,1-3H3;3-6H,2,9H2,1H3;4H,1-3H3;1H,4-5H2,2H3;1H,4H2,2H3. The quantitative estimate of drug-likeness (QED) is 0.244. The normalized spacial score (nSPS) is 8.12. The van der Waals surface area contributed by atoms with Crippen molar-refractivity contribution < 1.29 is 0 Å². The molecule has 0 amide bonds. The van der Waals surface area contributed by atoms with Crippen LogP contribution < -0.4 is 5.30 Å². The van der Waals surface area contributed by atoms with E-state index in [9.17, 15) is 0 Å². The molecule has 0 saturated heterocycles. The van der Waals surface area contributed by atoms with E-state index in [-0.39, 0.29) is 0 Å². The van der Waals surface area contributed by atoms with Crippen molar-refractivity contribution >= 4 is 14.5 Å². The zero-order valence-corrected chi connectivity index (χ0v) is 23.3. The highest BCUT2D eigenvalue weighted by Gasteiger charge is 1.89. The third kappa shape index (κ3) is 25.8. The average molecular weight is 451 g/mol. The highest BCUT2D eigenvalue weighted by molar-refractivity contribution is 7.27. The van der Waals surface area contributed by atoms with Gasteiger partial charge in [-0.1, -0.05) is 80.4 Å². The van der Waals surface area contributed by atoms with Crippen LogP contribution in [0, 0.1) is 45.5 Å². The van der Waals surface area contributed by atoms with Gasteiger partial charge in [0.1, 0.15) is 0 Å². The zero-order chi connectivity index (χ0) is 25.4. The van der Waals surface area contributed by atoms with Crippen molar-refractivity contribution in [2.75, 3.05) is 0 Å². The molecule has 2 aromatic carbocycles. The summed E-state index contributed by atoms with van der Waals surface area (Å²) in [5.41, 5.74) is 6.89. The molecule has 0 heterocycles. The second-order valence-corrected chi connectivity index (χ2v) is 8.23. The molecule has 2 rings (SSSR count). The smallest absolute Gasteiger partial charge is 0.00834 e. The van der Waals surface area contributed by atoms with E-state index >= 15 is 0 Å². The highest BCUT2D eigenvalue weighted by Crippen LogP contribution is 2.07. The number of allylic oxidation sites excluding steroid dienone is 2. The molecule has 0 nitrogen and oxygen atoms in total. The van der Waals surface area contributed by atoms with Crippen LogP contribution in [0.25, 0.3) is 0 Å². The first kappa shape index (κ1) is 34.3. The van der Waals surface area contributed by atoms with Gasteiger partial charge in [0.2, 0.25) is 0 Å². The minimum absolute atomic E-state index is 0.847. The van der Waals surface area contributed by atoms with E-state index in [2.05, 4.69) is 118 Å². The summed E-state index contributed by atoms with van der Waals surface area (Å²) in [6, 6.07) is 15.0. The van der Waals surface area contributed by atoms with Gasteiger partial charge >= 0.3 is 0 Å². The third-order valence-corrected chi connectivity index (χ3v) is 4.61. The Morgan fingerprint density at radius 3 is 1.62 bits per heavy atom. The van der Waals surface area contributed by atoms with Crippen molar-refractivity contribution in [1.29, 1.82) is 0 Å². The number of aryl methyl sites for hydroxylation is 4. The van der Waals surface area contributed by atoms with Crippen LogP contribution in [0.2, 0.25) is 0 Å². The number of rotatable bonds is 2. The highest BCUT2D eigenvalue weighted by atomic mass is 31.0. The molecule has 1 unspecified atom stereocenters. The minimum Gasteiger partial charge on any atom is -0.120 e. The van der Waals surface area contributed by atoms with Gasteiger partial charge in [-0.25, -0.2) is 0 Å². The molecule has 1 atom stereocenters. The molecule has 0 aromatic heterocycles. The van der Waals surface area contributed by atoms with Crippen molar-refractivity contribution in [1.82, 2.24) is 0 Å². The van der Waals surface area contributed by atoms with Crippen molar-refractivity contribution in [3.63, 3.8) is 0 Å². The molecule has 0 aliphatic carbocycles. The lowest BCUT2D eigenvalue weighted by atomic mass is 10.1. The van der Waals surface area contributed by atoms with E-state index in [0.717, 1.165) is 25.7 Å². The van der Waals surface area contributed by atoms with Gasteiger partial charge in [-0.05, 0) is 76.4 Å². The van der Waals surface area contributed by atoms with Crippen LogP contribution >= 0.6 is 9.24 Å². The molecule has 176 valence electrons. The van der Waals surface area contributed by atoms with E-state index in [1.807, 2.05) is 13.8 Å². The molecular weight excluding hydrogens is 403 g/mol. The minimum atomic E-state index is 0.847. The SMILES string of the molecule is C#CCC.C#CCCC.CC=C(C)C.CCc1ccc(P)cc1.Cc1ccc(C)c(C)c1. The lowest BCUT2D eigenvalue weighted by Gasteiger charge is -1.98. The number of unbranched alkanes of at least 4 members (excludes halogenated alkanes) is 1. The summed E-state index contributed by atoms with van der Waals surface area (Å²) in [6.07, 6.45) is 15.8. The van der Waals surface area contributed by atoms with E-state index < -0.39 is 0 Å². The maximum absolute atomic E-state index is 4.89. The summed E-state index contributed by atoms with van der Waals surface area (Å²) < 4.78 is 0. The summed E-state index contributed by atoms with van der Waals surface area (Å²) in [7, 11) is 2.67. The van der Waals surface area contributed by atoms with Gasteiger partial charge in [-0.15, -0.1) is 33.9 Å². The van der Waals surface area contributed by atoms with Crippen LogP contribution in [-0.4, -0.2) is 0 Å². The van der Waals surface area contributed by atoms with Gasteiger partial charge in [-0.2, -0.15) is 0 Å². The van der Waals surface area contributed by atoms with Crippen LogP contribution in [0.5, 0.6) is 0 Å².